The zero-order valence-electron chi connectivity index (χ0n) is 10.4. The highest BCUT2D eigenvalue weighted by atomic mass is 16.2. The molecular weight excluding hydrogens is 250 g/mol. The van der Waals surface area contributed by atoms with Crippen molar-refractivity contribution in [3.8, 4) is 0 Å². The standard InChI is InChI=1S/C10H13N7O2/c1-8-4-10(19)16(6-12-8)3-2-11-9(18)5-17-7-13-14-15-17/h4,6-7H,2-3,5H2,1H3,(H,11,18). The number of rotatable bonds is 5. The lowest BCUT2D eigenvalue weighted by molar-refractivity contribution is -0.121. The fourth-order valence-electron chi connectivity index (χ4n) is 1.46. The van der Waals surface area contributed by atoms with Gasteiger partial charge in [0.15, 0.2) is 0 Å². The average molecular weight is 263 g/mol. The van der Waals surface area contributed by atoms with Gasteiger partial charge in [0.25, 0.3) is 5.56 Å². The Balaban J connectivity index is 1.80. The fourth-order valence-corrected chi connectivity index (χ4v) is 1.46. The molecule has 0 radical (unpaired) electrons. The van der Waals surface area contributed by atoms with E-state index in [1.54, 1.807) is 6.92 Å². The third-order valence-corrected chi connectivity index (χ3v) is 2.39. The molecule has 2 aromatic heterocycles. The third kappa shape index (κ3) is 3.69. The second kappa shape index (κ2) is 5.85. The zero-order chi connectivity index (χ0) is 13.7. The van der Waals surface area contributed by atoms with Crippen molar-refractivity contribution in [3.63, 3.8) is 0 Å². The number of nitrogens with zero attached hydrogens (tertiary/aromatic N) is 6. The van der Waals surface area contributed by atoms with Crippen LogP contribution < -0.4 is 10.9 Å². The highest BCUT2D eigenvalue weighted by Gasteiger charge is 2.03. The summed E-state index contributed by atoms with van der Waals surface area (Å²) in [5, 5.41) is 13.1. The molecule has 0 bridgehead atoms. The first-order valence-corrected chi connectivity index (χ1v) is 5.66. The normalized spacial score (nSPS) is 10.4. The van der Waals surface area contributed by atoms with E-state index in [4.69, 9.17) is 0 Å². The third-order valence-electron chi connectivity index (χ3n) is 2.39. The van der Waals surface area contributed by atoms with Crippen molar-refractivity contribution in [3.05, 3.63) is 34.8 Å². The predicted molar refractivity (Wildman–Crippen MR) is 64.1 cm³/mol. The second-order valence-corrected chi connectivity index (χ2v) is 3.92. The molecule has 0 aromatic carbocycles. The number of aromatic nitrogens is 6. The van der Waals surface area contributed by atoms with E-state index in [-0.39, 0.29) is 18.0 Å². The van der Waals surface area contributed by atoms with Gasteiger partial charge in [0.05, 0.1) is 6.33 Å². The summed E-state index contributed by atoms with van der Waals surface area (Å²) in [6.45, 7) is 2.51. The summed E-state index contributed by atoms with van der Waals surface area (Å²) in [7, 11) is 0. The van der Waals surface area contributed by atoms with Gasteiger partial charge in [-0.15, -0.1) is 5.10 Å². The predicted octanol–water partition coefficient (Wildman–Crippen LogP) is -1.65. The monoisotopic (exact) mass is 263 g/mol. The zero-order valence-corrected chi connectivity index (χ0v) is 10.4. The van der Waals surface area contributed by atoms with Crippen LogP contribution in [0.4, 0.5) is 0 Å². The smallest absolute Gasteiger partial charge is 0.253 e. The van der Waals surface area contributed by atoms with E-state index < -0.39 is 0 Å². The van der Waals surface area contributed by atoms with Crippen LogP contribution in [-0.4, -0.2) is 42.2 Å². The lowest BCUT2D eigenvalue weighted by Crippen LogP contribution is -2.33. The summed E-state index contributed by atoms with van der Waals surface area (Å²) in [4.78, 5) is 27.1. The van der Waals surface area contributed by atoms with E-state index in [1.807, 2.05) is 0 Å². The van der Waals surface area contributed by atoms with Crippen LogP contribution in [0.25, 0.3) is 0 Å². The topological polar surface area (TPSA) is 108 Å². The summed E-state index contributed by atoms with van der Waals surface area (Å²) in [5.41, 5.74) is 0.534. The Hall–Kier alpha value is -2.58. The van der Waals surface area contributed by atoms with Gasteiger partial charge in [-0.3, -0.25) is 14.2 Å². The average Bonchev–Trinajstić information content (AvgIpc) is 2.84. The van der Waals surface area contributed by atoms with Gasteiger partial charge in [-0.1, -0.05) is 0 Å². The molecule has 2 rings (SSSR count). The van der Waals surface area contributed by atoms with Crippen molar-refractivity contribution in [2.45, 2.75) is 20.0 Å². The van der Waals surface area contributed by atoms with Gasteiger partial charge in [0.1, 0.15) is 12.9 Å². The minimum Gasteiger partial charge on any atom is -0.353 e. The Labute approximate surface area is 108 Å². The maximum Gasteiger partial charge on any atom is 0.253 e. The SMILES string of the molecule is Cc1cc(=O)n(CCNC(=O)Cn2cnnn2)cn1. The van der Waals surface area contributed by atoms with Crippen LogP contribution >= 0.6 is 0 Å². The molecule has 0 saturated carbocycles. The first-order valence-electron chi connectivity index (χ1n) is 5.66. The summed E-state index contributed by atoms with van der Waals surface area (Å²) in [6, 6.07) is 1.45. The summed E-state index contributed by atoms with van der Waals surface area (Å²) < 4.78 is 2.75. The Bertz CT molecular complexity index is 605. The minimum absolute atomic E-state index is 0.0496. The molecule has 2 heterocycles. The van der Waals surface area contributed by atoms with Gasteiger partial charge in [-0.2, -0.15) is 0 Å². The first kappa shape index (κ1) is 12.9. The molecule has 0 fully saturated rings. The van der Waals surface area contributed by atoms with Gasteiger partial charge in [-0.25, -0.2) is 9.67 Å². The molecule has 2 aromatic rings. The van der Waals surface area contributed by atoms with Gasteiger partial charge in [-0.05, 0) is 17.4 Å². The van der Waals surface area contributed by atoms with Crippen LogP contribution in [0.1, 0.15) is 5.69 Å². The van der Waals surface area contributed by atoms with Gasteiger partial charge in [0.2, 0.25) is 5.91 Å². The number of hydrogen-bond donors (Lipinski definition) is 1. The van der Waals surface area contributed by atoms with Gasteiger partial charge in [0, 0.05) is 24.8 Å². The Kier molecular flexibility index (Phi) is 3.96. The van der Waals surface area contributed by atoms with Crippen molar-refractivity contribution in [2.75, 3.05) is 6.54 Å². The quantitative estimate of drug-likeness (QED) is 0.692. The summed E-state index contributed by atoms with van der Waals surface area (Å²) >= 11 is 0. The lowest BCUT2D eigenvalue weighted by Gasteiger charge is -2.07. The van der Waals surface area contributed by atoms with Crippen LogP contribution in [0.3, 0.4) is 0 Å². The maximum atomic E-state index is 11.6. The molecule has 100 valence electrons. The number of carbonyl (C=O) groups excluding carboxylic acids is 1. The molecule has 0 aliphatic rings. The molecule has 1 amide bonds. The molecule has 1 N–H and O–H groups in total. The van der Waals surface area contributed by atoms with Crippen molar-refractivity contribution in [1.82, 2.24) is 35.1 Å². The van der Waals surface area contributed by atoms with Crippen LogP contribution in [0, 0.1) is 6.92 Å². The molecule has 9 nitrogen and oxygen atoms in total. The number of hydrogen-bond acceptors (Lipinski definition) is 6. The number of tetrazole rings is 1. The Morgan fingerprint density at radius 2 is 2.26 bits per heavy atom. The van der Waals surface area contributed by atoms with Crippen LogP contribution in [0.5, 0.6) is 0 Å². The molecule has 0 aliphatic heterocycles. The Morgan fingerprint density at radius 1 is 1.42 bits per heavy atom. The van der Waals surface area contributed by atoms with E-state index in [0.717, 1.165) is 0 Å². The van der Waals surface area contributed by atoms with Crippen LogP contribution in [0.15, 0.2) is 23.5 Å². The molecule has 0 aliphatic carbocycles. The van der Waals surface area contributed by atoms with Crippen LogP contribution in [0.2, 0.25) is 0 Å². The van der Waals surface area contributed by atoms with E-state index >= 15 is 0 Å². The number of aryl methyl sites for hydroxylation is 1. The molecule has 0 saturated heterocycles. The van der Waals surface area contributed by atoms with Crippen molar-refractivity contribution in [2.24, 2.45) is 0 Å². The van der Waals surface area contributed by atoms with Crippen molar-refractivity contribution < 1.29 is 4.79 Å². The van der Waals surface area contributed by atoms with E-state index in [1.165, 1.54) is 28.0 Å². The number of amides is 1. The molecule has 0 atom stereocenters. The second-order valence-electron chi connectivity index (χ2n) is 3.92. The number of nitrogens with one attached hydrogen (secondary N) is 1. The first-order chi connectivity index (χ1) is 9.15. The molecular formula is C10H13N7O2. The Morgan fingerprint density at radius 3 is 2.95 bits per heavy atom. The van der Waals surface area contributed by atoms with Crippen molar-refractivity contribution >= 4 is 5.91 Å². The summed E-state index contributed by atoms with van der Waals surface area (Å²) in [6.07, 6.45) is 2.82. The van der Waals surface area contributed by atoms with E-state index in [2.05, 4.69) is 25.8 Å². The van der Waals surface area contributed by atoms with Gasteiger partial charge < -0.3 is 5.32 Å². The highest BCUT2D eigenvalue weighted by Crippen LogP contribution is 1.85. The molecule has 9 heteroatoms. The molecule has 0 spiro atoms. The largest absolute Gasteiger partial charge is 0.353 e. The fraction of sp³-hybridized carbons (Fsp3) is 0.400. The lowest BCUT2D eigenvalue weighted by atomic mass is 10.4. The minimum atomic E-state index is -0.222. The van der Waals surface area contributed by atoms with Gasteiger partial charge >= 0.3 is 0 Å². The summed E-state index contributed by atoms with van der Waals surface area (Å²) in [5.74, 6) is -0.222. The van der Waals surface area contributed by atoms with Crippen molar-refractivity contribution in [1.29, 1.82) is 0 Å². The van der Waals surface area contributed by atoms with E-state index in [9.17, 15) is 9.59 Å². The maximum absolute atomic E-state index is 11.6. The number of carbonyl (C=O) groups is 1. The molecule has 0 unspecified atom stereocenters. The highest BCUT2D eigenvalue weighted by molar-refractivity contribution is 5.75. The van der Waals surface area contributed by atoms with Crippen LogP contribution in [-0.2, 0) is 17.9 Å². The van der Waals surface area contributed by atoms with E-state index in [0.29, 0.717) is 18.8 Å². The molecule has 19 heavy (non-hydrogen) atoms.